The van der Waals surface area contributed by atoms with E-state index in [4.69, 9.17) is 0 Å². The Labute approximate surface area is 148 Å². The molecule has 1 aliphatic carbocycles. The lowest BCUT2D eigenvalue weighted by molar-refractivity contribution is -0.115. The minimum atomic E-state index is -0.914. The Morgan fingerprint density at radius 3 is 2.88 bits per heavy atom. The lowest BCUT2D eigenvalue weighted by Gasteiger charge is -2.14. The monoisotopic (exact) mass is 361 g/mol. The van der Waals surface area contributed by atoms with Crippen LogP contribution in [0.15, 0.2) is 18.2 Å². The summed E-state index contributed by atoms with van der Waals surface area (Å²) < 4.78 is 26.3. The maximum atomic E-state index is 13.3. The molecule has 25 heavy (non-hydrogen) atoms. The van der Waals surface area contributed by atoms with Gasteiger partial charge in [-0.25, -0.2) is 8.78 Å². The Hall–Kier alpha value is -2.30. The van der Waals surface area contributed by atoms with Gasteiger partial charge in [0, 0.05) is 10.9 Å². The quantitative estimate of drug-likeness (QED) is 0.854. The number of carbonyl (C=O) groups is 1. The topological polar surface area (TPSA) is 64.9 Å². The van der Waals surface area contributed by atoms with Crippen LogP contribution in [0.3, 0.4) is 0 Å². The zero-order chi connectivity index (χ0) is 18.0. The molecule has 0 fully saturated rings. The van der Waals surface area contributed by atoms with Gasteiger partial charge in [0.05, 0.1) is 12.1 Å². The molecule has 1 aromatic carbocycles. The summed E-state index contributed by atoms with van der Waals surface area (Å²) in [4.78, 5) is 13.3. The maximum absolute atomic E-state index is 13.3. The first-order valence-electron chi connectivity index (χ1n) is 8.02. The van der Waals surface area contributed by atoms with Crippen LogP contribution < -0.4 is 10.6 Å². The molecule has 1 amide bonds. The lowest BCUT2D eigenvalue weighted by Crippen LogP contribution is -2.30. The van der Waals surface area contributed by atoms with Gasteiger partial charge in [0.1, 0.15) is 11.1 Å². The average molecular weight is 361 g/mol. The molecular formula is C18H17F2N3OS. The van der Waals surface area contributed by atoms with Gasteiger partial charge in [-0.1, -0.05) is 6.07 Å². The van der Waals surface area contributed by atoms with Crippen LogP contribution in [0.5, 0.6) is 0 Å². The molecule has 0 aliphatic heterocycles. The van der Waals surface area contributed by atoms with E-state index in [9.17, 15) is 18.8 Å². The van der Waals surface area contributed by atoms with E-state index < -0.39 is 11.6 Å². The number of aryl methyl sites for hydroxylation is 1. The van der Waals surface area contributed by atoms with Crippen molar-refractivity contribution in [3.05, 3.63) is 51.4 Å². The summed E-state index contributed by atoms with van der Waals surface area (Å²) in [5.74, 6) is -2.09. The number of benzene rings is 1. The fourth-order valence-corrected chi connectivity index (χ4v) is 4.18. The third-order valence-corrected chi connectivity index (χ3v) is 5.51. The van der Waals surface area contributed by atoms with Crippen molar-refractivity contribution in [3.8, 4) is 6.07 Å². The minimum absolute atomic E-state index is 0.00754. The summed E-state index contributed by atoms with van der Waals surface area (Å²) in [5, 5.41) is 15.7. The van der Waals surface area contributed by atoms with Gasteiger partial charge in [0.15, 0.2) is 11.6 Å². The number of anilines is 1. The van der Waals surface area contributed by atoms with E-state index in [2.05, 4.69) is 16.7 Å². The molecule has 0 bridgehead atoms. The number of amides is 1. The number of thiophene rings is 1. The fourth-order valence-electron chi connectivity index (χ4n) is 2.93. The van der Waals surface area contributed by atoms with Crippen LogP contribution in [0.2, 0.25) is 0 Å². The second kappa shape index (κ2) is 7.30. The molecule has 0 spiro atoms. The van der Waals surface area contributed by atoms with Crippen molar-refractivity contribution in [3.63, 3.8) is 0 Å². The molecule has 1 atom stereocenters. The number of nitriles is 1. The number of carbonyl (C=O) groups excluding carboxylic acids is 1. The van der Waals surface area contributed by atoms with E-state index in [0.29, 0.717) is 16.1 Å². The Bertz CT molecular complexity index is 857. The zero-order valence-corrected chi connectivity index (χ0v) is 14.5. The van der Waals surface area contributed by atoms with Crippen molar-refractivity contribution in [1.82, 2.24) is 5.32 Å². The predicted octanol–water partition coefficient (Wildman–Crippen LogP) is 3.68. The SMILES string of the molecule is C[C@H](NCC(=O)Nc1sc2c(c1C#N)CCC2)c1ccc(F)c(F)c1. The molecule has 1 heterocycles. The van der Waals surface area contributed by atoms with Crippen molar-refractivity contribution in [2.75, 3.05) is 11.9 Å². The average Bonchev–Trinajstić information content (AvgIpc) is 3.15. The number of halogens is 2. The van der Waals surface area contributed by atoms with Crippen molar-refractivity contribution in [1.29, 1.82) is 5.26 Å². The molecule has 130 valence electrons. The van der Waals surface area contributed by atoms with Gasteiger partial charge in [-0.05, 0) is 49.4 Å². The molecule has 3 rings (SSSR count). The predicted molar refractivity (Wildman–Crippen MR) is 92.5 cm³/mol. The maximum Gasteiger partial charge on any atom is 0.238 e. The standard InChI is InChI=1S/C18H17F2N3OS/c1-10(11-5-6-14(19)15(20)7-11)22-9-17(24)23-18-13(8-21)12-3-2-4-16(12)25-18/h5-7,10,22H,2-4,9H2,1H3,(H,23,24)/t10-/m0/s1. The fraction of sp³-hybridized carbons (Fsp3) is 0.333. The van der Waals surface area contributed by atoms with Gasteiger partial charge in [-0.2, -0.15) is 5.26 Å². The van der Waals surface area contributed by atoms with E-state index in [-0.39, 0.29) is 18.5 Å². The molecule has 0 radical (unpaired) electrons. The van der Waals surface area contributed by atoms with E-state index >= 15 is 0 Å². The van der Waals surface area contributed by atoms with Crippen LogP contribution in [0.4, 0.5) is 13.8 Å². The van der Waals surface area contributed by atoms with E-state index in [0.717, 1.165) is 37.0 Å². The molecule has 0 saturated carbocycles. The lowest BCUT2D eigenvalue weighted by atomic mass is 10.1. The molecule has 4 nitrogen and oxygen atoms in total. The van der Waals surface area contributed by atoms with Crippen molar-refractivity contribution in [2.24, 2.45) is 0 Å². The van der Waals surface area contributed by atoms with Crippen LogP contribution in [0.25, 0.3) is 0 Å². The number of hydrogen-bond donors (Lipinski definition) is 2. The normalized spacial score (nSPS) is 14.0. The molecule has 1 aliphatic rings. The highest BCUT2D eigenvalue weighted by atomic mass is 32.1. The molecule has 0 unspecified atom stereocenters. The number of hydrogen-bond acceptors (Lipinski definition) is 4. The van der Waals surface area contributed by atoms with Crippen molar-refractivity contribution < 1.29 is 13.6 Å². The first-order valence-corrected chi connectivity index (χ1v) is 8.84. The van der Waals surface area contributed by atoms with Gasteiger partial charge in [-0.3, -0.25) is 4.79 Å². The van der Waals surface area contributed by atoms with Crippen LogP contribution in [0, 0.1) is 23.0 Å². The van der Waals surface area contributed by atoms with Crippen molar-refractivity contribution in [2.45, 2.75) is 32.2 Å². The van der Waals surface area contributed by atoms with Gasteiger partial charge >= 0.3 is 0 Å². The summed E-state index contributed by atoms with van der Waals surface area (Å²) in [6, 6.07) is 5.52. The zero-order valence-electron chi connectivity index (χ0n) is 13.7. The Balaban J connectivity index is 1.60. The molecule has 7 heteroatoms. The summed E-state index contributed by atoms with van der Waals surface area (Å²) in [5.41, 5.74) is 2.19. The van der Waals surface area contributed by atoms with E-state index in [1.54, 1.807) is 6.92 Å². The molecular weight excluding hydrogens is 344 g/mol. The van der Waals surface area contributed by atoms with Crippen LogP contribution in [0.1, 0.15) is 41.0 Å². The molecule has 0 saturated heterocycles. The summed E-state index contributed by atoms with van der Waals surface area (Å²) >= 11 is 1.46. The summed E-state index contributed by atoms with van der Waals surface area (Å²) in [6.45, 7) is 1.77. The smallest absolute Gasteiger partial charge is 0.238 e. The van der Waals surface area contributed by atoms with Gasteiger partial charge in [0.2, 0.25) is 5.91 Å². The van der Waals surface area contributed by atoms with Gasteiger partial charge < -0.3 is 10.6 Å². The number of nitrogens with one attached hydrogen (secondary N) is 2. The molecule has 2 aromatic rings. The van der Waals surface area contributed by atoms with Gasteiger partial charge in [-0.15, -0.1) is 11.3 Å². The summed E-state index contributed by atoms with van der Waals surface area (Å²) in [6.07, 6.45) is 2.89. The number of fused-ring (bicyclic) bond motifs is 1. The Morgan fingerprint density at radius 2 is 2.16 bits per heavy atom. The van der Waals surface area contributed by atoms with Crippen LogP contribution in [-0.4, -0.2) is 12.5 Å². The van der Waals surface area contributed by atoms with Gasteiger partial charge in [0.25, 0.3) is 0 Å². The first kappa shape index (κ1) is 17.5. The molecule has 1 aromatic heterocycles. The minimum Gasteiger partial charge on any atom is -0.315 e. The highest BCUT2D eigenvalue weighted by molar-refractivity contribution is 7.16. The van der Waals surface area contributed by atoms with Crippen molar-refractivity contribution >= 4 is 22.2 Å². The third-order valence-electron chi connectivity index (χ3n) is 4.30. The third kappa shape index (κ3) is 3.70. The van der Waals surface area contributed by atoms with E-state index in [1.165, 1.54) is 22.3 Å². The molecule has 2 N–H and O–H groups in total. The largest absolute Gasteiger partial charge is 0.315 e. The number of rotatable bonds is 5. The second-order valence-corrected chi connectivity index (χ2v) is 7.10. The highest BCUT2D eigenvalue weighted by Gasteiger charge is 2.23. The van der Waals surface area contributed by atoms with Crippen LogP contribution >= 0.6 is 11.3 Å². The summed E-state index contributed by atoms with van der Waals surface area (Å²) in [7, 11) is 0. The van der Waals surface area contributed by atoms with E-state index in [1.807, 2.05) is 0 Å². The second-order valence-electron chi connectivity index (χ2n) is 6.00. The Kier molecular flexibility index (Phi) is 5.11. The Morgan fingerprint density at radius 1 is 1.36 bits per heavy atom. The highest BCUT2D eigenvalue weighted by Crippen LogP contribution is 2.38. The van der Waals surface area contributed by atoms with Crippen LogP contribution in [-0.2, 0) is 17.6 Å². The number of nitrogens with zero attached hydrogens (tertiary/aromatic N) is 1. The first-order chi connectivity index (χ1) is 12.0.